The van der Waals surface area contributed by atoms with Crippen molar-refractivity contribution in [2.45, 2.75) is 19.4 Å². The molecule has 0 N–H and O–H groups in total. The van der Waals surface area contributed by atoms with E-state index in [-0.39, 0.29) is 31.1 Å². The molecular formula is C19H17ClN2O6S. The number of nitrogens with zero attached hydrogens (tertiary/aromatic N) is 2. The van der Waals surface area contributed by atoms with Gasteiger partial charge < -0.3 is 18.7 Å². The number of ether oxygens (including phenoxy) is 3. The molecule has 0 saturated heterocycles. The fourth-order valence-electron chi connectivity index (χ4n) is 2.42. The van der Waals surface area contributed by atoms with Crippen molar-refractivity contribution in [1.82, 2.24) is 10.1 Å². The van der Waals surface area contributed by atoms with E-state index in [0.29, 0.717) is 32.1 Å². The first-order valence-corrected chi connectivity index (χ1v) is 9.68. The van der Waals surface area contributed by atoms with Crippen LogP contribution in [0, 0.1) is 0 Å². The minimum Gasteiger partial charge on any atom is -0.493 e. The molecule has 2 heterocycles. The van der Waals surface area contributed by atoms with Crippen LogP contribution in [-0.4, -0.2) is 36.1 Å². The maximum Gasteiger partial charge on any atom is 0.306 e. The van der Waals surface area contributed by atoms with E-state index in [1.54, 1.807) is 37.4 Å². The van der Waals surface area contributed by atoms with Gasteiger partial charge in [0.25, 0.3) is 5.89 Å². The molecular weight excluding hydrogens is 420 g/mol. The van der Waals surface area contributed by atoms with E-state index < -0.39 is 5.97 Å². The van der Waals surface area contributed by atoms with E-state index in [1.807, 2.05) is 0 Å². The van der Waals surface area contributed by atoms with Gasteiger partial charge in [-0.3, -0.25) is 9.59 Å². The Morgan fingerprint density at radius 3 is 2.59 bits per heavy atom. The minimum absolute atomic E-state index is 0.0381. The molecule has 10 heteroatoms. The average molecular weight is 437 g/mol. The monoisotopic (exact) mass is 436 g/mol. The van der Waals surface area contributed by atoms with Crippen molar-refractivity contribution >= 4 is 34.7 Å². The Bertz CT molecular complexity index is 1020. The lowest BCUT2D eigenvalue weighted by Crippen LogP contribution is -2.07. The molecule has 0 unspecified atom stereocenters. The summed E-state index contributed by atoms with van der Waals surface area (Å²) >= 11 is 6.98. The second kappa shape index (κ2) is 9.53. The van der Waals surface area contributed by atoms with Gasteiger partial charge in [-0.25, -0.2) is 0 Å². The topological polar surface area (TPSA) is 101 Å². The van der Waals surface area contributed by atoms with Gasteiger partial charge in [0.2, 0.25) is 5.82 Å². The Morgan fingerprint density at radius 2 is 1.90 bits per heavy atom. The van der Waals surface area contributed by atoms with Gasteiger partial charge in [0.1, 0.15) is 0 Å². The lowest BCUT2D eigenvalue weighted by atomic mass is 10.2. The van der Waals surface area contributed by atoms with Crippen molar-refractivity contribution in [1.29, 1.82) is 0 Å². The second-order valence-electron chi connectivity index (χ2n) is 5.77. The van der Waals surface area contributed by atoms with Crippen molar-refractivity contribution in [3.05, 3.63) is 45.4 Å². The van der Waals surface area contributed by atoms with Gasteiger partial charge in [0.05, 0.1) is 29.9 Å². The van der Waals surface area contributed by atoms with Gasteiger partial charge in [0, 0.05) is 12.0 Å². The summed E-state index contributed by atoms with van der Waals surface area (Å²) in [5.74, 6) is 0.869. The normalized spacial score (nSPS) is 10.6. The summed E-state index contributed by atoms with van der Waals surface area (Å²) in [7, 11) is 3.07. The van der Waals surface area contributed by atoms with Crippen molar-refractivity contribution < 1.29 is 28.3 Å². The average Bonchev–Trinajstić information content (AvgIpc) is 3.39. The van der Waals surface area contributed by atoms with E-state index in [9.17, 15) is 9.59 Å². The standard InChI is InChI=1S/C19H17ClN2O6S/c1-25-13-5-3-11(9-14(13)26-2)19-21-17(28-22-19)10-27-18(24)8-4-12(23)15-6-7-16(20)29-15/h3,5-7,9H,4,8,10H2,1-2H3. The van der Waals surface area contributed by atoms with Gasteiger partial charge in [-0.05, 0) is 30.3 Å². The van der Waals surface area contributed by atoms with Crippen LogP contribution >= 0.6 is 22.9 Å². The first-order valence-electron chi connectivity index (χ1n) is 8.49. The summed E-state index contributed by atoms with van der Waals surface area (Å²) in [5, 5.41) is 3.87. The van der Waals surface area contributed by atoms with Gasteiger partial charge in [0.15, 0.2) is 23.9 Å². The number of ketones is 1. The summed E-state index contributed by atoms with van der Waals surface area (Å²) < 4.78 is 21.2. The van der Waals surface area contributed by atoms with Crippen LogP contribution in [0.5, 0.6) is 11.5 Å². The Labute approximate surface area is 175 Å². The highest BCUT2D eigenvalue weighted by atomic mass is 35.5. The highest BCUT2D eigenvalue weighted by Crippen LogP contribution is 2.31. The number of rotatable bonds is 9. The third kappa shape index (κ3) is 5.33. The molecule has 0 aliphatic rings. The Morgan fingerprint density at radius 1 is 1.10 bits per heavy atom. The molecule has 0 bridgehead atoms. The number of aromatic nitrogens is 2. The minimum atomic E-state index is -0.535. The molecule has 0 spiro atoms. The molecule has 8 nitrogen and oxygen atoms in total. The van der Waals surface area contributed by atoms with Gasteiger partial charge in [-0.2, -0.15) is 4.98 Å². The number of thiophene rings is 1. The highest BCUT2D eigenvalue weighted by Gasteiger charge is 2.15. The molecule has 0 amide bonds. The fourth-order valence-corrected chi connectivity index (χ4v) is 3.43. The highest BCUT2D eigenvalue weighted by molar-refractivity contribution is 7.18. The molecule has 0 radical (unpaired) electrons. The molecule has 0 aliphatic carbocycles. The molecule has 1 aromatic carbocycles. The summed E-state index contributed by atoms with van der Waals surface area (Å²) in [4.78, 5) is 28.6. The molecule has 0 aliphatic heterocycles. The number of Topliss-reactive ketones (excluding diaryl/α,β-unsaturated/α-hetero) is 1. The summed E-state index contributed by atoms with van der Waals surface area (Å²) in [6.07, 6.45) is -0.0125. The molecule has 3 rings (SSSR count). The number of hydrogen-bond donors (Lipinski definition) is 0. The van der Waals surface area contributed by atoms with Crippen LogP contribution in [0.2, 0.25) is 4.34 Å². The first kappa shape index (κ1) is 20.8. The molecule has 0 atom stereocenters. The van der Waals surface area contributed by atoms with Gasteiger partial charge in [-0.15, -0.1) is 11.3 Å². The second-order valence-corrected chi connectivity index (χ2v) is 7.48. The van der Waals surface area contributed by atoms with Crippen LogP contribution in [0.15, 0.2) is 34.9 Å². The predicted molar refractivity (Wildman–Crippen MR) is 106 cm³/mol. The quantitative estimate of drug-likeness (QED) is 0.364. The summed E-state index contributed by atoms with van der Waals surface area (Å²) in [6.45, 7) is -0.182. The van der Waals surface area contributed by atoms with Crippen molar-refractivity contribution in [3.8, 4) is 22.9 Å². The number of hydrogen-bond acceptors (Lipinski definition) is 9. The predicted octanol–water partition coefficient (Wildman–Crippen LogP) is 4.18. The first-order chi connectivity index (χ1) is 14.0. The van der Waals surface area contributed by atoms with Crippen LogP contribution in [0.3, 0.4) is 0 Å². The maximum atomic E-state index is 12.0. The van der Waals surface area contributed by atoms with E-state index in [0.717, 1.165) is 0 Å². The Kier molecular flexibility index (Phi) is 6.84. The zero-order chi connectivity index (χ0) is 20.8. The van der Waals surface area contributed by atoms with E-state index in [4.69, 9.17) is 30.3 Å². The van der Waals surface area contributed by atoms with Crippen LogP contribution in [0.1, 0.15) is 28.4 Å². The van der Waals surface area contributed by atoms with Crippen LogP contribution in [0.4, 0.5) is 0 Å². The molecule has 3 aromatic rings. The van der Waals surface area contributed by atoms with Crippen molar-refractivity contribution in [3.63, 3.8) is 0 Å². The summed E-state index contributed by atoms with van der Waals surface area (Å²) in [6, 6.07) is 8.46. The lowest BCUT2D eigenvalue weighted by molar-refractivity contribution is -0.145. The third-order valence-electron chi connectivity index (χ3n) is 3.87. The number of benzene rings is 1. The largest absolute Gasteiger partial charge is 0.493 e. The number of esters is 1. The smallest absolute Gasteiger partial charge is 0.306 e. The third-order valence-corrected chi connectivity index (χ3v) is 5.14. The van der Waals surface area contributed by atoms with Gasteiger partial charge >= 0.3 is 5.97 Å². The number of carbonyl (C=O) groups is 2. The Hall–Kier alpha value is -2.91. The zero-order valence-electron chi connectivity index (χ0n) is 15.6. The summed E-state index contributed by atoms with van der Waals surface area (Å²) in [5.41, 5.74) is 0.657. The van der Waals surface area contributed by atoms with Crippen molar-refractivity contribution in [2.24, 2.45) is 0 Å². The lowest BCUT2D eigenvalue weighted by Gasteiger charge is -2.07. The van der Waals surface area contributed by atoms with Crippen molar-refractivity contribution in [2.75, 3.05) is 14.2 Å². The maximum absolute atomic E-state index is 12.0. The number of carbonyl (C=O) groups excluding carboxylic acids is 2. The number of halogens is 1. The van der Waals surface area contributed by atoms with Crippen LogP contribution < -0.4 is 9.47 Å². The SMILES string of the molecule is COc1ccc(-c2noc(COC(=O)CCC(=O)c3ccc(Cl)s3)n2)cc1OC. The van der Waals surface area contributed by atoms with E-state index >= 15 is 0 Å². The fraction of sp³-hybridized carbons (Fsp3) is 0.263. The Balaban J connectivity index is 1.52. The van der Waals surface area contributed by atoms with E-state index in [1.165, 1.54) is 18.4 Å². The van der Waals surface area contributed by atoms with E-state index in [2.05, 4.69) is 10.1 Å². The molecule has 152 valence electrons. The van der Waals surface area contributed by atoms with Gasteiger partial charge in [-0.1, -0.05) is 16.8 Å². The molecule has 2 aromatic heterocycles. The molecule has 29 heavy (non-hydrogen) atoms. The molecule has 0 saturated carbocycles. The zero-order valence-corrected chi connectivity index (χ0v) is 17.2. The molecule has 0 fully saturated rings. The van der Waals surface area contributed by atoms with Crippen LogP contribution in [0.25, 0.3) is 11.4 Å². The van der Waals surface area contributed by atoms with Crippen LogP contribution in [-0.2, 0) is 16.1 Å². The number of methoxy groups -OCH3 is 2.